The molecule has 4 heterocycles. The molecule has 2 saturated heterocycles. The zero-order valence-corrected chi connectivity index (χ0v) is 15.6. The zero-order chi connectivity index (χ0) is 17.4. The number of anilines is 1. The quantitative estimate of drug-likeness (QED) is 0.824. The first kappa shape index (κ1) is 16.7. The molecule has 2 fully saturated rings. The molecular weight excluding hydrogens is 336 g/mol. The summed E-state index contributed by atoms with van der Waals surface area (Å²) in [7, 11) is 0. The molecule has 4 rings (SSSR count). The average molecular weight is 360 g/mol. The van der Waals surface area contributed by atoms with Crippen LogP contribution in [0, 0.1) is 12.8 Å². The molecule has 0 N–H and O–H groups in total. The highest BCUT2D eigenvalue weighted by molar-refractivity contribution is 7.20. The second-order valence-corrected chi connectivity index (χ2v) is 8.03. The monoisotopic (exact) mass is 360 g/mol. The summed E-state index contributed by atoms with van der Waals surface area (Å²) in [6.07, 6.45) is 3.91. The van der Waals surface area contributed by atoms with Gasteiger partial charge in [0, 0.05) is 26.2 Å². The van der Waals surface area contributed by atoms with Gasteiger partial charge in [-0.25, -0.2) is 9.97 Å². The Morgan fingerprint density at radius 3 is 2.84 bits per heavy atom. The fourth-order valence-electron chi connectivity index (χ4n) is 3.79. The Balaban J connectivity index is 1.71. The molecule has 1 atom stereocenters. The molecule has 1 unspecified atom stereocenters. The summed E-state index contributed by atoms with van der Waals surface area (Å²) in [5.41, 5.74) is 1.02. The molecule has 134 valence electrons. The van der Waals surface area contributed by atoms with E-state index in [9.17, 15) is 4.79 Å². The van der Waals surface area contributed by atoms with Crippen molar-refractivity contribution in [1.29, 1.82) is 0 Å². The van der Waals surface area contributed by atoms with Gasteiger partial charge in [-0.2, -0.15) is 0 Å². The molecule has 6 nitrogen and oxygen atoms in total. The molecule has 2 aromatic heterocycles. The van der Waals surface area contributed by atoms with E-state index < -0.39 is 0 Å². The molecule has 2 aromatic rings. The highest BCUT2D eigenvalue weighted by Gasteiger charge is 2.27. The van der Waals surface area contributed by atoms with Crippen molar-refractivity contribution < 1.29 is 9.53 Å². The van der Waals surface area contributed by atoms with Gasteiger partial charge in [0.15, 0.2) is 0 Å². The van der Waals surface area contributed by atoms with E-state index in [0.29, 0.717) is 19.1 Å². The number of aromatic nitrogens is 2. The van der Waals surface area contributed by atoms with E-state index in [-0.39, 0.29) is 5.91 Å². The van der Waals surface area contributed by atoms with Gasteiger partial charge in [-0.1, -0.05) is 6.92 Å². The van der Waals surface area contributed by atoms with Crippen LogP contribution in [0.15, 0.2) is 6.33 Å². The minimum absolute atomic E-state index is 0.153. The predicted octanol–water partition coefficient (Wildman–Crippen LogP) is 2.71. The third-order valence-electron chi connectivity index (χ3n) is 5.16. The predicted molar refractivity (Wildman–Crippen MR) is 99.5 cm³/mol. The Hall–Kier alpha value is -1.73. The smallest absolute Gasteiger partial charge is 0.264 e. The number of fused-ring (bicyclic) bond motifs is 1. The number of hydrogen-bond donors (Lipinski definition) is 0. The molecule has 2 aliphatic rings. The molecule has 0 spiro atoms. The fourth-order valence-corrected chi connectivity index (χ4v) is 4.90. The number of carbonyl (C=O) groups excluding carboxylic acids is 1. The Labute approximate surface area is 151 Å². The molecule has 0 saturated carbocycles. The van der Waals surface area contributed by atoms with E-state index in [4.69, 9.17) is 4.74 Å². The van der Waals surface area contributed by atoms with E-state index >= 15 is 0 Å². The van der Waals surface area contributed by atoms with Crippen LogP contribution in [0.2, 0.25) is 0 Å². The summed E-state index contributed by atoms with van der Waals surface area (Å²) in [5, 5.41) is 1.03. The van der Waals surface area contributed by atoms with E-state index in [2.05, 4.69) is 21.8 Å². The maximum absolute atomic E-state index is 13.1. The number of morpholine rings is 1. The van der Waals surface area contributed by atoms with Crippen molar-refractivity contribution in [2.75, 3.05) is 44.3 Å². The number of rotatable bonds is 2. The molecule has 0 aromatic carbocycles. The van der Waals surface area contributed by atoms with Gasteiger partial charge in [0.25, 0.3) is 5.91 Å². The number of piperidine rings is 1. The molecule has 0 bridgehead atoms. The number of hydrogen-bond acceptors (Lipinski definition) is 6. The van der Waals surface area contributed by atoms with E-state index in [1.54, 1.807) is 6.33 Å². The Kier molecular flexibility index (Phi) is 4.60. The van der Waals surface area contributed by atoms with Gasteiger partial charge < -0.3 is 14.5 Å². The summed E-state index contributed by atoms with van der Waals surface area (Å²) >= 11 is 1.50. The largest absolute Gasteiger partial charge is 0.378 e. The maximum atomic E-state index is 13.1. The molecular formula is C18H24N4O2S. The van der Waals surface area contributed by atoms with Crippen LogP contribution in [-0.4, -0.2) is 60.2 Å². The van der Waals surface area contributed by atoms with E-state index in [0.717, 1.165) is 59.1 Å². The van der Waals surface area contributed by atoms with Crippen molar-refractivity contribution in [1.82, 2.24) is 14.9 Å². The van der Waals surface area contributed by atoms with Crippen LogP contribution >= 0.6 is 11.3 Å². The van der Waals surface area contributed by atoms with Crippen molar-refractivity contribution in [2.45, 2.75) is 26.7 Å². The highest BCUT2D eigenvalue weighted by Crippen LogP contribution is 2.36. The van der Waals surface area contributed by atoms with Gasteiger partial charge in [0.2, 0.25) is 0 Å². The lowest BCUT2D eigenvalue weighted by Gasteiger charge is -2.30. The number of likely N-dealkylation sites (tertiary alicyclic amines) is 1. The topological polar surface area (TPSA) is 58.6 Å². The maximum Gasteiger partial charge on any atom is 0.264 e. The third-order valence-corrected chi connectivity index (χ3v) is 6.34. The van der Waals surface area contributed by atoms with Crippen molar-refractivity contribution in [3.63, 3.8) is 0 Å². The number of aryl methyl sites for hydroxylation is 1. The van der Waals surface area contributed by atoms with Gasteiger partial charge in [0.05, 0.1) is 23.5 Å². The molecule has 0 aliphatic carbocycles. The average Bonchev–Trinajstić information content (AvgIpc) is 2.99. The van der Waals surface area contributed by atoms with Crippen molar-refractivity contribution in [2.24, 2.45) is 5.92 Å². The number of amides is 1. The Morgan fingerprint density at radius 1 is 1.28 bits per heavy atom. The lowest BCUT2D eigenvalue weighted by Crippen LogP contribution is -2.39. The first-order chi connectivity index (χ1) is 12.1. The first-order valence-corrected chi connectivity index (χ1v) is 9.83. The van der Waals surface area contributed by atoms with E-state index in [1.165, 1.54) is 17.8 Å². The molecule has 25 heavy (non-hydrogen) atoms. The van der Waals surface area contributed by atoms with Crippen LogP contribution in [0.4, 0.5) is 5.82 Å². The first-order valence-electron chi connectivity index (χ1n) is 9.01. The van der Waals surface area contributed by atoms with Crippen LogP contribution in [0.1, 0.15) is 35.0 Å². The Morgan fingerprint density at radius 2 is 2.08 bits per heavy atom. The summed E-state index contributed by atoms with van der Waals surface area (Å²) < 4.78 is 5.45. The second-order valence-electron chi connectivity index (χ2n) is 7.03. The van der Waals surface area contributed by atoms with Crippen molar-refractivity contribution >= 4 is 33.3 Å². The van der Waals surface area contributed by atoms with Crippen LogP contribution in [0.5, 0.6) is 0 Å². The Bertz CT molecular complexity index is 785. The summed E-state index contributed by atoms with van der Waals surface area (Å²) in [5.74, 6) is 1.67. The summed E-state index contributed by atoms with van der Waals surface area (Å²) in [4.78, 5) is 28.0. The highest BCUT2D eigenvalue weighted by atomic mass is 32.1. The molecule has 0 radical (unpaired) electrons. The number of carbonyl (C=O) groups is 1. The molecule has 2 aliphatic heterocycles. The van der Waals surface area contributed by atoms with Crippen LogP contribution in [-0.2, 0) is 4.74 Å². The number of nitrogens with zero attached hydrogens (tertiary/aromatic N) is 4. The minimum atomic E-state index is 0.153. The van der Waals surface area contributed by atoms with Crippen LogP contribution < -0.4 is 4.90 Å². The number of thiophene rings is 1. The molecule has 1 amide bonds. The summed E-state index contributed by atoms with van der Waals surface area (Å²) in [6.45, 7) is 9.06. The van der Waals surface area contributed by atoms with Gasteiger partial charge in [0.1, 0.15) is 17.0 Å². The SMILES string of the molecule is Cc1c(C(=O)N2CCCC(C)C2)sc2ncnc(N3CCOCC3)c12. The van der Waals surface area contributed by atoms with Gasteiger partial charge in [-0.05, 0) is 31.2 Å². The summed E-state index contributed by atoms with van der Waals surface area (Å²) in [6, 6.07) is 0. The number of ether oxygens (including phenoxy) is 1. The van der Waals surface area contributed by atoms with Crippen molar-refractivity contribution in [3.8, 4) is 0 Å². The standard InChI is InChI=1S/C18H24N4O2S/c1-12-4-3-5-22(10-12)18(23)15-13(2)14-16(19-11-20-17(14)25-15)21-6-8-24-9-7-21/h11-12H,3-10H2,1-2H3. The van der Waals surface area contributed by atoms with Crippen LogP contribution in [0.25, 0.3) is 10.2 Å². The zero-order valence-electron chi connectivity index (χ0n) is 14.8. The van der Waals surface area contributed by atoms with Crippen LogP contribution in [0.3, 0.4) is 0 Å². The van der Waals surface area contributed by atoms with E-state index in [1.807, 2.05) is 11.8 Å². The van der Waals surface area contributed by atoms with Gasteiger partial charge in [-0.3, -0.25) is 4.79 Å². The van der Waals surface area contributed by atoms with Gasteiger partial charge >= 0.3 is 0 Å². The second kappa shape index (κ2) is 6.88. The fraction of sp³-hybridized carbons (Fsp3) is 0.611. The lowest BCUT2D eigenvalue weighted by molar-refractivity contribution is 0.0687. The lowest BCUT2D eigenvalue weighted by atomic mass is 10.00. The molecule has 7 heteroatoms. The normalized spacial score (nSPS) is 21.8. The van der Waals surface area contributed by atoms with Gasteiger partial charge in [-0.15, -0.1) is 11.3 Å². The minimum Gasteiger partial charge on any atom is -0.378 e. The third kappa shape index (κ3) is 3.11. The van der Waals surface area contributed by atoms with Crippen molar-refractivity contribution in [3.05, 3.63) is 16.8 Å².